The first kappa shape index (κ1) is 15.4. The smallest absolute Gasteiger partial charge is 0.261 e. The highest BCUT2D eigenvalue weighted by atomic mass is 32.2. The molecular formula is C14H14F2N2O2S. The molecule has 0 saturated heterocycles. The molecule has 0 bridgehead atoms. The summed E-state index contributed by atoms with van der Waals surface area (Å²) < 4.78 is 52.7. The standard InChI is InChI=1S/C14H14F2N2O2S/c1-9-4-14(3-2-10(9)8-17)21(19,20)18-13-6-11(15)5-12(16)7-13/h2-7,18H,8,17H2,1H3. The second-order valence-corrected chi connectivity index (χ2v) is 6.24. The molecule has 112 valence electrons. The second kappa shape index (κ2) is 5.79. The summed E-state index contributed by atoms with van der Waals surface area (Å²) in [5.74, 6) is -1.72. The number of sulfonamides is 1. The van der Waals surface area contributed by atoms with Crippen molar-refractivity contribution in [1.29, 1.82) is 0 Å². The van der Waals surface area contributed by atoms with Gasteiger partial charge in [-0.25, -0.2) is 17.2 Å². The number of aryl methyl sites for hydroxylation is 1. The Morgan fingerprint density at radius 1 is 1.10 bits per heavy atom. The van der Waals surface area contributed by atoms with E-state index in [1.54, 1.807) is 13.0 Å². The predicted octanol–water partition coefficient (Wildman–Crippen LogP) is 2.53. The molecule has 4 nitrogen and oxygen atoms in total. The van der Waals surface area contributed by atoms with E-state index in [9.17, 15) is 17.2 Å². The highest BCUT2D eigenvalue weighted by Crippen LogP contribution is 2.20. The third kappa shape index (κ3) is 3.56. The second-order valence-electron chi connectivity index (χ2n) is 4.56. The lowest BCUT2D eigenvalue weighted by Gasteiger charge is -2.10. The van der Waals surface area contributed by atoms with Crippen LogP contribution in [0.25, 0.3) is 0 Å². The van der Waals surface area contributed by atoms with Crippen LogP contribution in [0.3, 0.4) is 0 Å². The molecule has 0 fully saturated rings. The molecule has 0 radical (unpaired) electrons. The van der Waals surface area contributed by atoms with Crippen LogP contribution in [0, 0.1) is 18.6 Å². The SMILES string of the molecule is Cc1cc(S(=O)(=O)Nc2cc(F)cc(F)c2)ccc1CN. The van der Waals surface area contributed by atoms with Crippen LogP contribution in [0.2, 0.25) is 0 Å². The normalized spacial score (nSPS) is 11.4. The van der Waals surface area contributed by atoms with Gasteiger partial charge < -0.3 is 5.73 Å². The van der Waals surface area contributed by atoms with Crippen molar-refractivity contribution in [3.63, 3.8) is 0 Å². The molecule has 0 saturated carbocycles. The van der Waals surface area contributed by atoms with Crippen molar-refractivity contribution >= 4 is 15.7 Å². The fourth-order valence-electron chi connectivity index (χ4n) is 1.89. The summed E-state index contributed by atoms with van der Waals surface area (Å²) in [5, 5.41) is 0. The van der Waals surface area contributed by atoms with Gasteiger partial charge in [0.25, 0.3) is 10.0 Å². The highest BCUT2D eigenvalue weighted by Gasteiger charge is 2.16. The molecule has 0 aliphatic carbocycles. The van der Waals surface area contributed by atoms with Crippen molar-refractivity contribution in [2.45, 2.75) is 18.4 Å². The number of benzene rings is 2. The van der Waals surface area contributed by atoms with Gasteiger partial charge in [-0.2, -0.15) is 0 Å². The molecule has 2 aromatic carbocycles. The maximum absolute atomic E-state index is 13.1. The average molecular weight is 312 g/mol. The number of anilines is 1. The Morgan fingerprint density at radius 3 is 2.24 bits per heavy atom. The molecule has 0 aromatic heterocycles. The van der Waals surface area contributed by atoms with Crippen molar-refractivity contribution in [3.05, 3.63) is 59.2 Å². The molecule has 0 atom stereocenters. The highest BCUT2D eigenvalue weighted by molar-refractivity contribution is 7.92. The number of hydrogen-bond donors (Lipinski definition) is 2. The van der Waals surface area contributed by atoms with Crippen LogP contribution in [0.15, 0.2) is 41.3 Å². The van der Waals surface area contributed by atoms with Crippen molar-refractivity contribution in [2.24, 2.45) is 5.73 Å². The van der Waals surface area contributed by atoms with Gasteiger partial charge in [0.05, 0.1) is 10.6 Å². The van der Waals surface area contributed by atoms with Gasteiger partial charge in [0, 0.05) is 12.6 Å². The molecule has 0 unspecified atom stereocenters. The fourth-order valence-corrected chi connectivity index (χ4v) is 3.02. The van der Waals surface area contributed by atoms with Crippen molar-refractivity contribution < 1.29 is 17.2 Å². The Bertz CT molecular complexity index is 756. The zero-order valence-corrected chi connectivity index (χ0v) is 12.0. The van der Waals surface area contributed by atoms with Gasteiger partial charge >= 0.3 is 0 Å². The van der Waals surface area contributed by atoms with E-state index >= 15 is 0 Å². The Morgan fingerprint density at radius 2 is 1.71 bits per heavy atom. The minimum absolute atomic E-state index is 0.00173. The van der Waals surface area contributed by atoms with E-state index in [0.717, 1.165) is 23.3 Å². The molecule has 0 amide bonds. The molecule has 21 heavy (non-hydrogen) atoms. The fraction of sp³-hybridized carbons (Fsp3) is 0.143. The lowest BCUT2D eigenvalue weighted by atomic mass is 10.1. The van der Waals surface area contributed by atoms with E-state index < -0.39 is 21.7 Å². The van der Waals surface area contributed by atoms with Gasteiger partial charge in [-0.1, -0.05) is 6.07 Å². The van der Waals surface area contributed by atoms with Crippen molar-refractivity contribution in [3.8, 4) is 0 Å². The van der Waals surface area contributed by atoms with E-state index in [2.05, 4.69) is 4.72 Å². The first-order valence-corrected chi connectivity index (χ1v) is 7.58. The molecule has 0 spiro atoms. The van der Waals surface area contributed by atoms with Crippen molar-refractivity contribution in [2.75, 3.05) is 4.72 Å². The van der Waals surface area contributed by atoms with Crippen LogP contribution >= 0.6 is 0 Å². The van der Waals surface area contributed by atoms with Crippen molar-refractivity contribution in [1.82, 2.24) is 0 Å². The van der Waals surface area contributed by atoms with Crippen LogP contribution in [-0.4, -0.2) is 8.42 Å². The Labute approximate surface area is 121 Å². The molecular weight excluding hydrogens is 298 g/mol. The van der Waals surface area contributed by atoms with Gasteiger partial charge in [0.15, 0.2) is 0 Å². The van der Waals surface area contributed by atoms with Crippen LogP contribution < -0.4 is 10.5 Å². The summed E-state index contributed by atoms with van der Waals surface area (Å²) in [6.45, 7) is 2.04. The largest absolute Gasteiger partial charge is 0.326 e. The van der Waals surface area contributed by atoms with Gasteiger partial charge in [0.2, 0.25) is 0 Å². The van der Waals surface area contributed by atoms with E-state index in [-0.39, 0.29) is 10.6 Å². The summed E-state index contributed by atoms with van der Waals surface area (Å²) in [5.41, 5.74) is 6.90. The Balaban J connectivity index is 2.36. The Hall–Kier alpha value is -1.99. The number of hydrogen-bond acceptors (Lipinski definition) is 3. The summed E-state index contributed by atoms with van der Waals surface area (Å²) in [6.07, 6.45) is 0. The summed E-state index contributed by atoms with van der Waals surface area (Å²) in [7, 11) is -3.92. The van der Waals surface area contributed by atoms with E-state index in [1.807, 2.05) is 0 Å². The first-order valence-electron chi connectivity index (χ1n) is 6.10. The van der Waals surface area contributed by atoms with E-state index in [0.29, 0.717) is 12.6 Å². The third-order valence-corrected chi connectivity index (χ3v) is 4.34. The summed E-state index contributed by atoms with van der Waals surface area (Å²) in [4.78, 5) is 0.00173. The molecule has 2 rings (SSSR count). The van der Waals surface area contributed by atoms with E-state index in [1.165, 1.54) is 12.1 Å². The lowest BCUT2D eigenvalue weighted by Crippen LogP contribution is -2.14. The van der Waals surface area contributed by atoms with Crippen LogP contribution in [0.4, 0.5) is 14.5 Å². The number of rotatable bonds is 4. The maximum Gasteiger partial charge on any atom is 0.261 e. The zero-order chi connectivity index (χ0) is 15.6. The van der Waals surface area contributed by atoms with Gasteiger partial charge in [-0.3, -0.25) is 4.72 Å². The topological polar surface area (TPSA) is 72.2 Å². The zero-order valence-electron chi connectivity index (χ0n) is 11.2. The molecule has 7 heteroatoms. The Kier molecular flexibility index (Phi) is 4.24. The quantitative estimate of drug-likeness (QED) is 0.911. The molecule has 0 heterocycles. The van der Waals surface area contributed by atoms with Crippen LogP contribution in [-0.2, 0) is 16.6 Å². The number of nitrogens with two attached hydrogens (primary N) is 1. The van der Waals surface area contributed by atoms with Gasteiger partial charge in [0.1, 0.15) is 11.6 Å². The number of halogens is 2. The minimum atomic E-state index is -3.92. The number of nitrogens with one attached hydrogen (secondary N) is 1. The predicted molar refractivity (Wildman–Crippen MR) is 76.2 cm³/mol. The lowest BCUT2D eigenvalue weighted by molar-refractivity contribution is 0.584. The molecule has 0 aliphatic heterocycles. The van der Waals surface area contributed by atoms with Gasteiger partial charge in [-0.15, -0.1) is 0 Å². The molecule has 3 N–H and O–H groups in total. The first-order chi connectivity index (χ1) is 9.81. The minimum Gasteiger partial charge on any atom is -0.326 e. The molecule has 2 aromatic rings. The molecule has 0 aliphatic rings. The summed E-state index contributed by atoms with van der Waals surface area (Å²) in [6, 6.07) is 6.94. The average Bonchev–Trinajstić information content (AvgIpc) is 2.36. The third-order valence-electron chi connectivity index (χ3n) is 2.96. The maximum atomic E-state index is 13.1. The monoisotopic (exact) mass is 312 g/mol. The van der Waals surface area contributed by atoms with Crippen LogP contribution in [0.5, 0.6) is 0 Å². The van der Waals surface area contributed by atoms with Crippen LogP contribution in [0.1, 0.15) is 11.1 Å². The van der Waals surface area contributed by atoms with Gasteiger partial charge in [-0.05, 0) is 42.3 Å². The summed E-state index contributed by atoms with van der Waals surface area (Å²) >= 11 is 0. The van der Waals surface area contributed by atoms with E-state index in [4.69, 9.17) is 5.73 Å².